The number of aromatic nitrogens is 3. The number of nitrogens with zero attached hydrogens (tertiary/aromatic N) is 4. The van der Waals surface area contributed by atoms with E-state index in [0.717, 1.165) is 19.5 Å². The van der Waals surface area contributed by atoms with Gasteiger partial charge in [-0.1, -0.05) is 0 Å². The van der Waals surface area contributed by atoms with Gasteiger partial charge in [0.05, 0.1) is 17.3 Å². The Morgan fingerprint density at radius 1 is 1.43 bits per heavy atom. The molecule has 0 fully saturated rings. The van der Waals surface area contributed by atoms with E-state index in [1.165, 1.54) is 5.69 Å². The second-order valence-electron chi connectivity index (χ2n) is 5.40. The molecule has 6 heteroatoms. The van der Waals surface area contributed by atoms with Crippen LogP contribution in [0.1, 0.15) is 28.5 Å². The SMILES string of the molecule is CN1Cc2ccnn2C(CCNC(=O)c2cccnc2)C1. The maximum atomic E-state index is 12.0. The molecule has 21 heavy (non-hydrogen) atoms. The molecule has 0 saturated heterocycles. The van der Waals surface area contributed by atoms with Crippen molar-refractivity contribution in [1.82, 2.24) is 25.0 Å². The van der Waals surface area contributed by atoms with Crippen LogP contribution >= 0.6 is 0 Å². The van der Waals surface area contributed by atoms with Crippen molar-refractivity contribution in [1.29, 1.82) is 0 Å². The van der Waals surface area contributed by atoms with E-state index in [0.29, 0.717) is 18.2 Å². The van der Waals surface area contributed by atoms with E-state index in [-0.39, 0.29) is 5.91 Å². The van der Waals surface area contributed by atoms with Crippen molar-refractivity contribution in [3.63, 3.8) is 0 Å². The van der Waals surface area contributed by atoms with Gasteiger partial charge in [-0.15, -0.1) is 0 Å². The van der Waals surface area contributed by atoms with Crippen LogP contribution in [0.25, 0.3) is 0 Å². The third-order valence-corrected chi connectivity index (χ3v) is 3.74. The first-order valence-corrected chi connectivity index (χ1v) is 7.13. The van der Waals surface area contributed by atoms with Gasteiger partial charge in [0.2, 0.25) is 0 Å². The zero-order valence-electron chi connectivity index (χ0n) is 12.1. The molecule has 0 saturated carbocycles. The molecule has 1 atom stereocenters. The highest BCUT2D eigenvalue weighted by Crippen LogP contribution is 2.21. The normalized spacial score (nSPS) is 18.2. The maximum Gasteiger partial charge on any atom is 0.252 e. The second-order valence-corrected chi connectivity index (χ2v) is 5.40. The Balaban J connectivity index is 1.56. The molecular formula is C15H19N5O. The number of hydrogen-bond donors (Lipinski definition) is 1. The zero-order valence-corrected chi connectivity index (χ0v) is 12.1. The number of carbonyl (C=O) groups is 1. The number of fused-ring (bicyclic) bond motifs is 1. The minimum Gasteiger partial charge on any atom is -0.352 e. The van der Waals surface area contributed by atoms with E-state index in [1.54, 1.807) is 24.5 Å². The lowest BCUT2D eigenvalue weighted by Crippen LogP contribution is -2.37. The lowest BCUT2D eigenvalue weighted by Gasteiger charge is -2.31. The van der Waals surface area contributed by atoms with Crippen LogP contribution in [0.3, 0.4) is 0 Å². The van der Waals surface area contributed by atoms with Gasteiger partial charge in [-0.2, -0.15) is 5.10 Å². The average molecular weight is 285 g/mol. The molecule has 3 heterocycles. The Labute approximate surface area is 123 Å². The summed E-state index contributed by atoms with van der Waals surface area (Å²) in [6, 6.07) is 5.89. The molecule has 110 valence electrons. The van der Waals surface area contributed by atoms with Gasteiger partial charge in [0, 0.05) is 38.2 Å². The highest BCUT2D eigenvalue weighted by Gasteiger charge is 2.23. The summed E-state index contributed by atoms with van der Waals surface area (Å²) in [6.45, 7) is 2.52. The molecule has 1 N–H and O–H groups in total. The maximum absolute atomic E-state index is 12.0. The number of pyridine rings is 1. The third-order valence-electron chi connectivity index (χ3n) is 3.74. The topological polar surface area (TPSA) is 63.1 Å². The Kier molecular flexibility index (Phi) is 3.96. The number of likely N-dealkylation sites (N-methyl/N-ethyl adjacent to an activating group) is 1. The Morgan fingerprint density at radius 2 is 2.33 bits per heavy atom. The lowest BCUT2D eigenvalue weighted by atomic mass is 10.1. The van der Waals surface area contributed by atoms with Crippen molar-refractivity contribution in [2.45, 2.75) is 19.0 Å². The summed E-state index contributed by atoms with van der Waals surface area (Å²) in [5.41, 5.74) is 1.82. The molecule has 1 unspecified atom stereocenters. The third kappa shape index (κ3) is 3.11. The van der Waals surface area contributed by atoms with Crippen molar-refractivity contribution in [2.24, 2.45) is 0 Å². The molecule has 1 aliphatic rings. The van der Waals surface area contributed by atoms with Gasteiger partial charge in [0.15, 0.2) is 0 Å². The van der Waals surface area contributed by atoms with Gasteiger partial charge in [-0.25, -0.2) is 0 Å². The molecule has 2 aromatic rings. The molecule has 0 aromatic carbocycles. The van der Waals surface area contributed by atoms with E-state index >= 15 is 0 Å². The molecule has 1 amide bonds. The summed E-state index contributed by atoms with van der Waals surface area (Å²) in [6.07, 6.45) is 5.95. The standard InChI is InChI=1S/C15H19N5O/c1-19-10-13(20-14(11-19)5-8-18-20)4-7-17-15(21)12-3-2-6-16-9-12/h2-3,5-6,8-9,13H,4,7,10-11H2,1H3,(H,17,21). The quantitative estimate of drug-likeness (QED) is 0.913. The minimum atomic E-state index is -0.0760. The fraction of sp³-hybridized carbons (Fsp3) is 0.400. The largest absolute Gasteiger partial charge is 0.352 e. The predicted octanol–water partition coefficient (Wildman–Crippen LogP) is 1.08. The van der Waals surface area contributed by atoms with Crippen LogP contribution in [0.15, 0.2) is 36.8 Å². The Hall–Kier alpha value is -2.21. The van der Waals surface area contributed by atoms with Crippen LogP contribution in [0, 0.1) is 0 Å². The summed E-state index contributed by atoms with van der Waals surface area (Å²) in [5.74, 6) is -0.0760. The van der Waals surface area contributed by atoms with Crippen LogP contribution < -0.4 is 5.32 Å². The number of rotatable bonds is 4. The van der Waals surface area contributed by atoms with Gasteiger partial charge in [0.1, 0.15) is 0 Å². The first-order valence-electron chi connectivity index (χ1n) is 7.13. The molecular weight excluding hydrogens is 266 g/mol. The van der Waals surface area contributed by atoms with E-state index in [4.69, 9.17) is 0 Å². The summed E-state index contributed by atoms with van der Waals surface area (Å²) >= 11 is 0. The summed E-state index contributed by atoms with van der Waals surface area (Å²) in [5, 5.41) is 7.34. The van der Waals surface area contributed by atoms with E-state index in [1.807, 2.05) is 6.20 Å². The molecule has 0 spiro atoms. The number of carbonyl (C=O) groups excluding carboxylic acids is 1. The highest BCUT2D eigenvalue weighted by molar-refractivity contribution is 5.93. The molecule has 2 aromatic heterocycles. The van der Waals surface area contributed by atoms with Crippen LogP contribution in [0.5, 0.6) is 0 Å². The van der Waals surface area contributed by atoms with Gasteiger partial charge >= 0.3 is 0 Å². The molecule has 0 radical (unpaired) electrons. The van der Waals surface area contributed by atoms with E-state index < -0.39 is 0 Å². The van der Waals surface area contributed by atoms with Crippen LogP contribution in [0.4, 0.5) is 0 Å². The molecule has 3 rings (SSSR count). The first kappa shape index (κ1) is 13.8. The van der Waals surface area contributed by atoms with Crippen molar-refractivity contribution in [3.8, 4) is 0 Å². The Bertz CT molecular complexity index is 610. The van der Waals surface area contributed by atoms with Gasteiger partial charge in [0.25, 0.3) is 5.91 Å². The van der Waals surface area contributed by atoms with Crippen LogP contribution in [0.2, 0.25) is 0 Å². The number of hydrogen-bond acceptors (Lipinski definition) is 4. The summed E-state index contributed by atoms with van der Waals surface area (Å²) in [4.78, 5) is 18.2. The van der Waals surface area contributed by atoms with E-state index in [9.17, 15) is 4.79 Å². The minimum absolute atomic E-state index is 0.0760. The molecule has 0 bridgehead atoms. The average Bonchev–Trinajstić information content (AvgIpc) is 2.96. The highest BCUT2D eigenvalue weighted by atomic mass is 16.1. The molecule has 1 aliphatic heterocycles. The van der Waals surface area contributed by atoms with Crippen LogP contribution in [-0.2, 0) is 6.54 Å². The fourth-order valence-electron chi connectivity index (χ4n) is 2.74. The fourth-order valence-corrected chi connectivity index (χ4v) is 2.74. The summed E-state index contributed by atoms with van der Waals surface area (Å²) < 4.78 is 2.08. The van der Waals surface area contributed by atoms with Crippen molar-refractivity contribution < 1.29 is 4.79 Å². The molecule has 6 nitrogen and oxygen atoms in total. The monoisotopic (exact) mass is 285 g/mol. The Morgan fingerprint density at radius 3 is 3.14 bits per heavy atom. The number of amides is 1. The second kappa shape index (κ2) is 6.05. The summed E-state index contributed by atoms with van der Waals surface area (Å²) in [7, 11) is 2.11. The molecule has 0 aliphatic carbocycles. The van der Waals surface area contributed by atoms with E-state index in [2.05, 4.69) is 38.1 Å². The van der Waals surface area contributed by atoms with Crippen molar-refractivity contribution in [2.75, 3.05) is 20.1 Å². The zero-order chi connectivity index (χ0) is 14.7. The smallest absolute Gasteiger partial charge is 0.252 e. The van der Waals surface area contributed by atoms with Gasteiger partial charge < -0.3 is 5.32 Å². The predicted molar refractivity (Wildman–Crippen MR) is 78.8 cm³/mol. The lowest BCUT2D eigenvalue weighted by molar-refractivity contribution is 0.0948. The first-order chi connectivity index (χ1) is 10.2. The van der Waals surface area contributed by atoms with Gasteiger partial charge in [-0.05, 0) is 31.7 Å². The number of nitrogens with one attached hydrogen (secondary N) is 1. The van der Waals surface area contributed by atoms with Crippen molar-refractivity contribution in [3.05, 3.63) is 48.0 Å². The van der Waals surface area contributed by atoms with Crippen LogP contribution in [-0.4, -0.2) is 45.7 Å². The van der Waals surface area contributed by atoms with Crippen molar-refractivity contribution >= 4 is 5.91 Å². The van der Waals surface area contributed by atoms with Gasteiger partial charge in [-0.3, -0.25) is 19.4 Å².